The minimum Gasteiger partial charge on any atom is -0.264 e. The van der Waals surface area contributed by atoms with E-state index in [1.54, 1.807) is 6.20 Å². The summed E-state index contributed by atoms with van der Waals surface area (Å²) < 4.78 is 0. The maximum Gasteiger partial charge on any atom is 0.0346 e. The lowest BCUT2D eigenvalue weighted by atomic mass is 9.98. The van der Waals surface area contributed by atoms with Crippen LogP contribution in [0, 0.1) is 0 Å². The molecule has 0 bridgehead atoms. The first-order valence-electron chi connectivity index (χ1n) is 5.93. The Labute approximate surface area is 106 Å². The third-order valence-electron chi connectivity index (χ3n) is 3.11. The molecule has 86 valence electrons. The van der Waals surface area contributed by atoms with Crippen LogP contribution in [0.1, 0.15) is 11.1 Å². The SMILES string of the molecule is C=C(c1cccnc1)c1ccc2ccccc2c1. The lowest BCUT2D eigenvalue weighted by molar-refractivity contribution is 1.31. The molecule has 0 N–H and O–H groups in total. The lowest BCUT2D eigenvalue weighted by Crippen LogP contribution is -1.87. The van der Waals surface area contributed by atoms with E-state index in [0.29, 0.717) is 0 Å². The number of rotatable bonds is 2. The molecule has 1 heteroatoms. The normalized spacial score (nSPS) is 10.4. The molecule has 0 amide bonds. The van der Waals surface area contributed by atoms with Crippen LogP contribution in [-0.4, -0.2) is 4.98 Å². The van der Waals surface area contributed by atoms with Gasteiger partial charge in [-0.2, -0.15) is 0 Å². The Hall–Kier alpha value is -2.41. The molecule has 0 fully saturated rings. The van der Waals surface area contributed by atoms with Crippen molar-refractivity contribution < 1.29 is 0 Å². The summed E-state index contributed by atoms with van der Waals surface area (Å²) in [4.78, 5) is 4.13. The lowest BCUT2D eigenvalue weighted by Gasteiger charge is -2.07. The number of aromatic nitrogens is 1. The minimum atomic E-state index is 1.01. The molecule has 3 aromatic rings. The van der Waals surface area contributed by atoms with Crippen molar-refractivity contribution in [2.24, 2.45) is 0 Å². The van der Waals surface area contributed by atoms with E-state index in [2.05, 4.69) is 54.0 Å². The number of pyridine rings is 1. The first kappa shape index (κ1) is 10.7. The Morgan fingerprint density at radius 1 is 0.833 bits per heavy atom. The highest BCUT2D eigenvalue weighted by Gasteiger charge is 2.03. The highest BCUT2D eigenvalue weighted by atomic mass is 14.6. The van der Waals surface area contributed by atoms with Gasteiger partial charge in [0.1, 0.15) is 0 Å². The van der Waals surface area contributed by atoms with Crippen molar-refractivity contribution in [1.29, 1.82) is 0 Å². The quantitative estimate of drug-likeness (QED) is 0.641. The van der Waals surface area contributed by atoms with E-state index in [1.807, 2.05) is 18.3 Å². The van der Waals surface area contributed by atoms with Crippen LogP contribution in [0.2, 0.25) is 0 Å². The molecule has 0 aliphatic carbocycles. The van der Waals surface area contributed by atoms with Crippen molar-refractivity contribution in [3.8, 4) is 0 Å². The predicted molar refractivity (Wildman–Crippen MR) is 76.3 cm³/mol. The van der Waals surface area contributed by atoms with Gasteiger partial charge in [-0.3, -0.25) is 4.98 Å². The third kappa shape index (κ3) is 1.91. The van der Waals surface area contributed by atoms with Gasteiger partial charge in [-0.25, -0.2) is 0 Å². The molecule has 0 unspecified atom stereocenters. The average Bonchev–Trinajstić information content (AvgIpc) is 2.47. The summed E-state index contributed by atoms with van der Waals surface area (Å²) in [6.45, 7) is 4.16. The average molecular weight is 231 g/mol. The molecule has 0 saturated carbocycles. The molecule has 0 aliphatic rings. The summed E-state index contributed by atoms with van der Waals surface area (Å²) in [6.07, 6.45) is 3.62. The summed E-state index contributed by atoms with van der Waals surface area (Å²) in [5, 5.41) is 2.49. The van der Waals surface area contributed by atoms with E-state index in [9.17, 15) is 0 Å². The fourth-order valence-electron chi connectivity index (χ4n) is 2.08. The maximum absolute atomic E-state index is 4.16. The Morgan fingerprint density at radius 3 is 2.44 bits per heavy atom. The van der Waals surface area contributed by atoms with Crippen molar-refractivity contribution in [2.75, 3.05) is 0 Å². The molecule has 1 heterocycles. The van der Waals surface area contributed by atoms with Crippen LogP contribution in [0.3, 0.4) is 0 Å². The molecule has 3 rings (SSSR count). The number of hydrogen-bond donors (Lipinski definition) is 0. The highest BCUT2D eigenvalue weighted by molar-refractivity contribution is 5.88. The van der Waals surface area contributed by atoms with Gasteiger partial charge in [0, 0.05) is 12.4 Å². The first-order chi connectivity index (χ1) is 8.84. The van der Waals surface area contributed by atoms with E-state index < -0.39 is 0 Å². The van der Waals surface area contributed by atoms with Gasteiger partial charge in [-0.15, -0.1) is 0 Å². The van der Waals surface area contributed by atoms with Crippen LogP contribution in [-0.2, 0) is 0 Å². The molecule has 0 saturated heterocycles. The van der Waals surface area contributed by atoms with Gasteiger partial charge in [0.25, 0.3) is 0 Å². The van der Waals surface area contributed by atoms with E-state index in [0.717, 1.165) is 16.7 Å². The van der Waals surface area contributed by atoms with Crippen LogP contribution in [0.4, 0.5) is 0 Å². The predicted octanol–water partition coefficient (Wildman–Crippen LogP) is 4.30. The largest absolute Gasteiger partial charge is 0.264 e. The molecule has 1 nitrogen and oxygen atoms in total. The van der Waals surface area contributed by atoms with Gasteiger partial charge < -0.3 is 0 Å². The third-order valence-corrected chi connectivity index (χ3v) is 3.11. The van der Waals surface area contributed by atoms with E-state index in [-0.39, 0.29) is 0 Å². The monoisotopic (exact) mass is 231 g/mol. The fourth-order valence-corrected chi connectivity index (χ4v) is 2.08. The molecule has 0 radical (unpaired) electrons. The molecule has 18 heavy (non-hydrogen) atoms. The standard InChI is InChI=1S/C17H13N/c1-13(17-7-4-10-18-12-17)15-9-8-14-5-2-3-6-16(14)11-15/h2-12H,1H2. The summed E-state index contributed by atoms with van der Waals surface area (Å²) >= 11 is 0. The van der Waals surface area contributed by atoms with Crippen molar-refractivity contribution >= 4 is 16.3 Å². The van der Waals surface area contributed by atoms with Gasteiger partial charge in [0.2, 0.25) is 0 Å². The second-order valence-corrected chi connectivity index (χ2v) is 4.28. The molecule has 1 aromatic heterocycles. The van der Waals surface area contributed by atoms with Crippen LogP contribution < -0.4 is 0 Å². The van der Waals surface area contributed by atoms with E-state index >= 15 is 0 Å². The van der Waals surface area contributed by atoms with Crippen molar-refractivity contribution in [3.05, 3.63) is 84.7 Å². The van der Waals surface area contributed by atoms with Gasteiger partial charge in [-0.05, 0) is 39.6 Å². The highest BCUT2D eigenvalue weighted by Crippen LogP contribution is 2.24. The molecule has 2 aromatic carbocycles. The Balaban J connectivity index is 2.07. The smallest absolute Gasteiger partial charge is 0.0346 e. The van der Waals surface area contributed by atoms with Gasteiger partial charge in [0.15, 0.2) is 0 Å². The summed E-state index contributed by atoms with van der Waals surface area (Å²) in [5.41, 5.74) is 3.21. The minimum absolute atomic E-state index is 1.01. The molecule has 0 aliphatic heterocycles. The Morgan fingerprint density at radius 2 is 1.67 bits per heavy atom. The molecule has 0 spiro atoms. The molecular weight excluding hydrogens is 218 g/mol. The number of benzene rings is 2. The first-order valence-corrected chi connectivity index (χ1v) is 5.93. The number of fused-ring (bicyclic) bond motifs is 1. The zero-order chi connectivity index (χ0) is 12.4. The number of hydrogen-bond acceptors (Lipinski definition) is 1. The van der Waals surface area contributed by atoms with E-state index in [4.69, 9.17) is 0 Å². The summed E-state index contributed by atoms with van der Waals surface area (Å²) in [7, 11) is 0. The van der Waals surface area contributed by atoms with Gasteiger partial charge in [-0.1, -0.05) is 49.0 Å². The topological polar surface area (TPSA) is 12.9 Å². The van der Waals surface area contributed by atoms with Crippen LogP contribution in [0.15, 0.2) is 73.6 Å². The number of nitrogens with zero attached hydrogens (tertiary/aromatic N) is 1. The van der Waals surface area contributed by atoms with Crippen LogP contribution in [0.25, 0.3) is 16.3 Å². The van der Waals surface area contributed by atoms with Crippen molar-refractivity contribution in [1.82, 2.24) is 4.98 Å². The van der Waals surface area contributed by atoms with Crippen LogP contribution in [0.5, 0.6) is 0 Å². The summed E-state index contributed by atoms with van der Waals surface area (Å²) in [6, 6.07) is 18.7. The van der Waals surface area contributed by atoms with Gasteiger partial charge >= 0.3 is 0 Å². The van der Waals surface area contributed by atoms with Gasteiger partial charge in [0.05, 0.1) is 0 Å². The maximum atomic E-state index is 4.16. The second kappa shape index (κ2) is 4.46. The Kier molecular flexibility index (Phi) is 2.66. The molecular formula is C17H13N. The zero-order valence-electron chi connectivity index (χ0n) is 10.0. The van der Waals surface area contributed by atoms with Crippen molar-refractivity contribution in [2.45, 2.75) is 0 Å². The molecule has 0 atom stereocenters. The second-order valence-electron chi connectivity index (χ2n) is 4.28. The van der Waals surface area contributed by atoms with E-state index in [1.165, 1.54) is 10.8 Å². The van der Waals surface area contributed by atoms with Crippen molar-refractivity contribution in [3.63, 3.8) is 0 Å². The van der Waals surface area contributed by atoms with Crippen LogP contribution >= 0.6 is 0 Å². The Bertz CT molecular complexity index is 699. The summed E-state index contributed by atoms with van der Waals surface area (Å²) in [5.74, 6) is 0. The zero-order valence-corrected chi connectivity index (χ0v) is 10.0. The fraction of sp³-hybridized carbons (Fsp3) is 0.